The van der Waals surface area contributed by atoms with Crippen molar-refractivity contribution in [3.05, 3.63) is 30.3 Å². The SMILES string of the molecule is C[C@@H]1CC(C)(C)C[C@@]2(C1)NC(=S)N(c1ccccc1)N2. The number of para-hydroxylation sites is 1. The van der Waals surface area contributed by atoms with Crippen molar-refractivity contribution in [1.82, 2.24) is 10.7 Å². The van der Waals surface area contributed by atoms with Crippen molar-refractivity contribution in [1.29, 1.82) is 0 Å². The summed E-state index contributed by atoms with van der Waals surface area (Å²) < 4.78 is 0. The Labute approximate surface area is 126 Å². The molecule has 2 atom stereocenters. The van der Waals surface area contributed by atoms with Gasteiger partial charge in [-0.3, -0.25) is 5.01 Å². The van der Waals surface area contributed by atoms with Gasteiger partial charge in [0.15, 0.2) is 5.11 Å². The van der Waals surface area contributed by atoms with E-state index < -0.39 is 0 Å². The third-order valence-electron chi connectivity index (χ3n) is 4.27. The topological polar surface area (TPSA) is 27.3 Å². The number of nitrogens with zero attached hydrogens (tertiary/aromatic N) is 1. The molecule has 0 amide bonds. The molecule has 1 aliphatic carbocycles. The Bertz CT molecular complexity index is 514. The Morgan fingerprint density at radius 2 is 1.90 bits per heavy atom. The van der Waals surface area contributed by atoms with Crippen LogP contribution in [0, 0.1) is 11.3 Å². The van der Waals surface area contributed by atoms with Gasteiger partial charge >= 0.3 is 0 Å². The van der Waals surface area contributed by atoms with Crippen molar-refractivity contribution < 1.29 is 0 Å². The van der Waals surface area contributed by atoms with Gasteiger partial charge in [-0.2, -0.15) is 0 Å². The third kappa shape index (κ3) is 2.54. The first-order valence-electron chi connectivity index (χ1n) is 7.34. The fraction of sp³-hybridized carbons (Fsp3) is 0.562. The zero-order chi connectivity index (χ0) is 14.4. The summed E-state index contributed by atoms with van der Waals surface area (Å²) in [6.45, 7) is 7.03. The summed E-state index contributed by atoms with van der Waals surface area (Å²) in [5.41, 5.74) is 4.98. The van der Waals surface area contributed by atoms with Crippen molar-refractivity contribution in [2.75, 3.05) is 5.01 Å². The minimum Gasteiger partial charge on any atom is -0.342 e. The average Bonchev–Trinajstić information content (AvgIpc) is 2.63. The van der Waals surface area contributed by atoms with Crippen LogP contribution in [0.5, 0.6) is 0 Å². The van der Waals surface area contributed by atoms with E-state index in [1.54, 1.807) is 0 Å². The van der Waals surface area contributed by atoms with E-state index in [0.717, 1.165) is 23.6 Å². The molecule has 1 aliphatic heterocycles. The summed E-state index contributed by atoms with van der Waals surface area (Å²) in [7, 11) is 0. The summed E-state index contributed by atoms with van der Waals surface area (Å²) in [5, 5.41) is 6.35. The fourth-order valence-corrected chi connectivity index (χ4v) is 4.41. The predicted octanol–water partition coefficient (Wildman–Crippen LogP) is 3.43. The third-order valence-corrected chi connectivity index (χ3v) is 4.55. The van der Waals surface area contributed by atoms with E-state index in [4.69, 9.17) is 12.2 Å². The molecule has 1 aromatic rings. The van der Waals surface area contributed by atoms with E-state index in [1.807, 2.05) is 23.2 Å². The first-order valence-corrected chi connectivity index (χ1v) is 7.75. The van der Waals surface area contributed by atoms with Crippen molar-refractivity contribution in [2.45, 2.75) is 45.7 Å². The molecule has 3 nitrogen and oxygen atoms in total. The zero-order valence-corrected chi connectivity index (χ0v) is 13.3. The summed E-state index contributed by atoms with van der Waals surface area (Å²) in [4.78, 5) is 0. The molecule has 2 fully saturated rings. The van der Waals surface area contributed by atoms with Crippen LogP contribution < -0.4 is 15.8 Å². The van der Waals surface area contributed by atoms with Crippen molar-refractivity contribution in [3.63, 3.8) is 0 Å². The van der Waals surface area contributed by atoms with E-state index in [2.05, 4.69) is 43.6 Å². The van der Waals surface area contributed by atoms with Gasteiger partial charge < -0.3 is 5.32 Å². The van der Waals surface area contributed by atoms with E-state index in [9.17, 15) is 0 Å². The number of hydrogen-bond acceptors (Lipinski definition) is 2. The zero-order valence-electron chi connectivity index (χ0n) is 12.4. The monoisotopic (exact) mass is 289 g/mol. The number of anilines is 1. The molecule has 1 saturated carbocycles. The molecular formula is C16H23N3S. The van der Waals surface area contributed by atoms with Gasteiger partial charge in [-0.25, -0.2) is 5.43 Å². The molecule has 108 valence electrons. The Kier molecular flexibility index (Phi) is 3.26. The number of hydrazine groups is 1. The van der Waals surface area contributed by atoms with Crippen LogP contribution in [-0.4, -0.2) is 10.8 Å². The minimum atomic E-state index is -0.0892. The van der Waals surface area contributed by atoms with Gasteiger partial charge in [0.05, 0.1) is 5.69 Å². The first kappa shape index (κ1) is 13.8. The highest BCUT2D eigenvalue weighted by atomic mass is 32.1. The smallest absolute Gasteiger partial charge is 0.189 e. The van der Waals surface area contributed by atoms with Crippen LogP contribution in [0.4, 0.5) is 5.69 Å². The quantitative estimate of drug-likeness (QED) is 0.775. The van der Waals surface area contributed by atoms with Crippen LogP contribution in [0.2, 0.25) is 0 Å². The van der Waals surface area contributed by atoms with Gasteiger partial charge in [-0.15, -0.1) is 0 Å². The molecule has 0 radical (unpaired) electrons. The molecule has 2 aliphatic rings. The first-order chi connectivity index (χ1) is 9.39. The molecule has 1 aromatic carbocycles. The number of nitrogens with one attached hydrogen (secondary N) is 2. The Morgan fingerprint density at radius 3 is 2.55 bits per heavy atom. The normalized spacial score (nSPS) is 32.5. The Balaban J connectivity index is 1.86. The van der Waals surface area contributed by atoms with Gasteiger partial charge in [0.2, 0.25) is 0 Å². The maximum absolute atomic E-state index is 5.54. The standard InChI is InChI=1S/C16H23N3S/c1-12-9-15(2,3)11-16(10-12)17-14(20)19(18-16)13-7-5-4-6-8-13/h4-8,12,18H,9-11H2,1-3H3,(H,17,20)/t12-,16+/m1/s1. The number of benzene rings is 1. The molecule has 0 unspecified atom stereocenters. The lowest BCUT2D eigenvalue weighted by atomic mass is 9.68. The summed E-state index contributed by atoms with van der Waals surface area (Å²) in [6.07, 6.45) is 3.48. The second-order valence-corrected chi connectivity index (χ2v) is 7.54. The number of rotatable bonds is 1. The molecule has 1 heterocycles. The predicted molar refractivity (Wildman–Crippen MR) is 87.3 cm³/mol. The van der Waals surface area contributed by atoms with Gasteiger partial charge in [0.1, 0.15) is 5.66 Å². The number of thiocarbonyl (C=S) groups is 1. The maximum atomic E-state index is 5.54. The molecule has 0 aromatic heterocycles. The van der Waals surface area contributed by atoms with Crippen LogP contribution in [0.25, 0.3) is 0 Å². The molecule has 0 bridgehead atoms. The highest BCUT2D eigenvalue weighted by Crippen LogP contribution is 2.44. The molecule has 3 rings (SSSR count). The highest BCUT2D eigenvalue weighted by Gasteiger charge is 2.48. The van der Waals surface area contributed by atoms with E-state index >= 15 is 0 Å². The van der Waals surface area contributed by atoms with Crippen LogP contribution in [-0.2, 0) is 0 Å². The molecular weight excluding hydrogens is 266 g/mol. The summed E-state index contributed by atoms with van der Waals surface area (Å²) >= 11 is 5.54. The lowest BCUT2D eigenvalue weighted by Crippen LogP contribution is -2.57. The summed E-state index contributed by atoms with van der Waals surface area (Å²) in [6, 6.07) is 10.3. The molecule has 2 N–H and O–H groups in total. The van der Waals surface area contributed by atoms with Crippen LogP contribution in [0.15, 0.2) is 30.3 Å². The lowest BCUT2D eigenvalue weighted by molar-refractivity contribution is 0.0828. The van der Waals surface area contributed by atoms with E-state index in [-0.39, 0.29) is 5.66 Å². The van der Waals surface area contributed by atoms with Gasteiger partial charge in [0.25, 0.3) is 0 Å². The minimum absolute atomic E-state index is 0.0892. The van der Waals surface area contributed by atoms with Crippen LogP contribution in [0.1, 0.15) is 40.0 Å². The Hall–Kier alpha value is -1.13. The second kappa shape index (κ2) is 4.71. The number of hydrogen-bond donors (Lipinski definition) is 2. The summed E-state index contributed by atoms with van der Waals surface area (Å²) in [5.74, 6) is 0.692. The second-order valence-electron chi connectivity index (χ2n) is 7.15. The van der Waals surface area contributed by atoms with Crippen LogP contribution in [0.3, 0.4) is 0 Å². The lowest BCUT2D eigenvalue weighted by Gasteiger charge is -2.45. The molecule has 1 spiro atoms. The largest absolute Gasteiger partial charge is 0.342 e. The molecule has 1 saturated heterocycles. The van der Waals surface area contributed by atoms with Crippen LogP contribution >= 0.6 is 12.2 Å². The Morgan fingerprint density at radius 1 is 1.20 bits per heavy atom. The van der Waals surface area contributed by atoms with Crippen molar-refractivity contribution in [2.24, 2.45) is 11.3 Å². The highest BCUT2D eigenvalue weighted by molar-refractivity contribution is 7.80. The molecule has 4 heteroatoms. The van der Waals surface area contributed by atoms with Gasteiger partial charge in [-0.1, -0.05) is 39.0 Å². The fourth-order valence-electron chi connectivity index (χ4n) is 4.06. The average molecular weight is 289 g/mol. The molecule has 20 heavy (non-hydrogen) atoms. The van der Waals surface area contributed by atoms with E-state index in [1.165, 1.54) is 6.42 Å². The van der Waals surface area contributed by atoms with Crippen molar-refractivity contribution in [3.8, 4) is 0 Å². The van der Waals surface area contributed by atoms with E-state index in [0.29, 0.717) is 11.3 Å². The van der Waals surface area contributed by atoms with Gasteiger partial charge in [-0.05, 0) is 54.9 Å². The van der Waals surface area contributed by atoms with Gasteiger partial charge in [0, 0.05) is 0 Å². The maximum Gasteiger partial charge on any atom is 0.189 e. The van der Waals surface area contributed by atoms with Crippen molar-refractivity contribution >= 4 is 23.0 Å².